The molecule has 4 rings (SSSR count). The molecule has 166 valence electrons. The minimum Gasteiger partial charge on any atom is -0.378 e. The van der Waals surface area contributed by atoms with Crippen LogP contribution in [0.3, 0.4) is 0 Å². The Balaban J connectivity index is 1.45. The van der Waals surface area contributed by atoms with Crippen LogP contribution in [0.1, 0.15) is 18.5 Å². The van der Waals surface area contributed by atoms with Gasteiger partial charge in [-0.15, -0.1) is 0 Å². The van der Waals surface area contributed by atoms with Crippen LogP contribution >= 0.6 is 11.8 Å². The Morgan fingerprint density at radius 3 is 2.44 bits per heavy atom. The molecule has 1 saturated heterocycles. The second kappa shape index (κ2) is 10.9. The average molecular weight is 451 g/mol. The van der Waals surface area contributed by atoms with Crippen molar-refractivity contribution in [3.63, 3.8) is 0 Å². The van der Waals surface area contributed by atoms with Crippen LogP contribution in [0.15, 0.2) is 65.8 Å². The molecule has 0 aliphatic carbocycles. The number of para-hydroxylation sites is 1. The van der Waals surface area contributed by atoms with Gasteiger partial charge in [-0.3, -0.25) is 4.79 Å². The summed E-state index contributed by atoms with van der Waals surface area (Å²) in [5.74, 6) is 1.18. The molecule has 9 heteroatoms. The summed E-state index contributed by atoms with van der Waals surface area (Å²) in [5, 5.41) is 6.76. The smallest absolute Gasteiger partial charge is 0.233 e. The first-order chi connectivity index (χ1) is 15.7. The number of anilines is 3. The van der Waals surface area contributed by atoms with Crippen molar-refractivity contribution in [3.05, 3.63) is 66.2 Å². The number of ether oxygens (including phenoxy) is 1. The number of nitrogens with one attached hydrogen (secondary N) is 2. The van der Waals surface area contributed by atoms with Gasteiger partial charge in [0.25, 0.3) is 0 Å². The summed E-state index contributed by atoms with van der Waals surface area (Å²) in [6.45, 7) is 4.67. The van der Waals surface area contributed by atoms with Crippen molar-refractivity contribution in [3.8, 4) is 0 Å². The molecule has 2 N–H and O–H groups in total. The van der Waals surface area contributed by atoms with Gasteiger partial charge >= 0.3 is 0 Å². The molecule has 0 bridgehead atoms. The van der Waals surface area contributed by atoms with E-state index in [4.69, 9.17) is 4.74 Å². The van der Waals surface area contributed by atoms with Crippen molar-refractivity contribution in [1.29, 1.82) is 0 Å². The third-order valence-corrected chi connectivity index (χ3v) is 5.78. The Labute approximate surface area is 191 Å². The molecule has 8 nitrogen and oxygen atoms in total. The van der Waals surface area contributed by atoms with Crippen molar-refractivity contribution in [2.45, 2.75) is 18.1 Å². The molecule has 3 aromatic rings. The SMILES string of the molecule is CC(NC(=O)CSc1nc(Nc2ccccc2)nc(N2CCOCC2)n1)c1ccccc1. The first kappa shape index (κ1) is 22.0. The Morgan fingerprint density at radius 2 is 1.72 bits per heavy atom. The highest BCUT2D eigenvalue weighted by atomic mass is 32.2. The van der Waals surface area contributed by atoms with Crippen molar-refractivity contribution in [1.82, 2.24) is 20.3 Å². The minimum absolute atomic E-state index is 0.0677. The molecule has 1 aliphatic rings. The molecule has 1 aromatic heterocycles. The van der Waals surface area contributed by atoms with Gasteiger partial charge in [-0.2, -0.15) is 15.0 Å². The number of morpholine rings is 1. The normalized spacial score (nSPS) is 14.6. The summed E-state index contributed by atoms with van der Waals surface area (Å²) >= 11 is 1.30. The van der Waals surface area contributed by atoms with Gasteiger partial charge in [0.2, 0.25) is 17.8 Å². The van der Waals surface area contributed by atoms with Gasteiger partial charge in [-0.1, -0.05) is 60.3 Å². The van der Waals surface area contributed by atoms with Crippen LogP contribution in [0, 0.1) is 0 Å². The lowest BCUT2D eigenvalue weighted by molar-refractivity contribution is -0.119. The highest BCUT2D eigenvalue weighted by Gasteiger charge is 2.18. The van der Waals surface area contributed by atoms with E-state index in [0.717, 1.165) is 11.3 Å². The molecule has 0 radical (unpaired) electrons. The molecule has 1 aliphatic heterocycles. The highest BCUT2D eigenvalue weighted by Crippen LogP contribution is 2.22. The first-order valence-electron chi connectivity index (χ1n) is 10.6. The summed E-state index contributed by atoms with van der Waals surface area (Å²) < 4.78 is 5.44. The number of aromatic nitrogens is 3. The van der Waals surface area contributed by atoms with Gasteiger partial charge in [0, 0.05) is 18.8 Å². The molecular formula is C23H26N6O2S. The Kier molecular flexibility index (Phi) is 7.52. The monoisotopic (exact) mass is 450 g/mol. The lowest BCUT2D eigenvalue weighted by Gasteiger charge is -2.27. The van der Waals surface area contributed by atoms with E-state index in [-0.39, 0.29) is 17.7 Å². The average Bonchev–Trinajstić information content (AvgIpc) is 2.84. The van der Waals surface area contributed by atoms with E-state index in [1.54, 1.807) is 0 Å². The van der Waals surface area contributed by atoms with Gasteiger partial charge in [-0.25, -0.2) is 0 Å². The lowest BCUT2D eigenvalue weighted by atomic mass is 10.1. The summed E-state index contributed by atoms with van der Waals surface area (Å²) in [4.78, 5) is 28.3. The third-order valence-electron chi connectivity index (χ3n) is 4.94. The standard InChI is InChI=1S/C23H26N6O2S/c1-17(18-8-4-2-5-9-18)24-20(30)16-32-23-27-21(25-19-10-6-3-7-11-19)26-22(28-23)29-12-14-31-15-13-29/h2-11,17H,12-16H2,1H3,(H,24,30)(H,25,26,27,28). The number of carbonyl (C=O) groups is 1. The zero-order valence-corrected chi connectivity index (χ0v) is 18.7. The van der Waals surface area contributed by atoms with Crippen LogP contribution in [0.5, 0.6) is 0 Å². The predicted octanol–water partition coefficient (Wildman–Crippen LogP) is 3.42. The van der Waals surface area contributed by atoms with E-state index < -0.39 is 0 Å². The molecule has 2 heterocycles. The zero-order valence-electron chi connectivity index (χ0n) is 17.9. The number of hydrogen-bond acceptors (Lipinski definition) is 8. The summed E-state index contributed by atoms with van der Waals surface area (Å²) in [5.41, 5.74) is 1.95. The number of thioether (sulfide) groups is 1. The molecule has 1 atom stereocenters. The number of rotatable bonds is 8. The quantitative estimate of drug-likeness (QED) is 0.505. The molecule has 1 fully saturated rings. The fourth-order valence-electron chi connectivity index (χ4n) is 3.26. The Bertz CT molecular complexity index is 1020. The fourth-order valence-corrected chi connectivity index (χ4v) is 3.90. The second-order valence-electron chi connectivity index (χ2n) is 7.32. The molecule has 0 spiro atoms. The first-order valence-corrected chi connectivity index (χ1v) is 11.5. The molecule has 32 heavy (non-hydrogen) atoms. The second-order valence-corrected chi connectivity index (χ2v) is 8.26. The van der Waals surface area contributed by atoms with Gasteiger partial charge in [0.05, 0.1) is 25.0 Å². The van der Waals surface area contributed by atoms with Crippen LogP contribution in [-0.4, -0.2) is 52.9 Å². The molecule has 1 amide bonds. The van der Waals surface area contributed by atoms with Crippen molar-refractivity contribution in [2.75, 3.05) is 42.3 Å². The number of hydrogen-bond donors (Lipinski definition) is 2. The fraction of sp³-hybridized carbons (Fsp3) is 0.304. The van der Waals surface area contributed by atoms with Gasteiger partial charge in [-0.05, 0) is 24.6 Å². The van der Waals surface area contributed by atoms with E-state index in [2.05, 4.69) is 30.5 Å². The molecule has 1 unspecified atom stereocenters. The van der Waals surface area contributed by atoms with Crippen molar-refractivity contribution in [2.24, 2.45) is 0 Å². The van der Waals surface area contributed by atoms with Gasteiger partial charge in [0.1, 0.15) is 0 Å². The van der Waals surface area contributed by atoms with E-state index >= 15 is 0 Å². The number of nitrogens with zero attached hydrogens (tertiary/aromatic N) is 4. The van der Waals surface area contributed by atoms with Gasteiger partial charge in [0.15, 0.2) is 5.16 Å². The van der Waals surface area contributed by atoms with E-state index in [9.17, 15) is 4.79 Å². The number of carbonyl (C=O) groups excluding carboxylic acids is 1. The summed E-state index contributed by atoms with van der Waals surface area (Å²) in [6, 6.07) is 19.6. The highest BCUT2D eigenvalue weighted by molar-refractivity contribution is 7.99. The third kappa shape index (κ3) is 6.18. The van der Waals surface area contributed by atoms with Crippen LogP contribution in [0.4, 0.5) is 17.6 Å². The molecule has 0 saturated carbocycles. The maximum Gasteiger partial charge on any atom is 0.233 e. The van der Waals surface area contributed by atoms with Gasteiger partial charge < -0.3 is 20.3 Å². The topological polar surface area (TPSA) is 92.3 Å². The Hall–Kier alpha value is -3.17. The predicted molar refractivity (Wildman–Crippen MR) is 126 cm³/mol. The van der Waals surface area contributed by atoms with Crippen molar-refractivity contribution < 1.29 is 9.53 Å². The summed E-state index contributed by atoms with van der Waals surface area (Å²) in [7, 11) is 0. The maximum absolute atomic E-state index is 12.5. The van der Waals surface area contributed by atoms with E-state index in [1.165, 1.54) is 11.8 Å². The van der Waals surface area contributed by atoms with E-state index in [0.29, 0.717) is 43.4 Å². The van der Waals surface area contributed by atoms with Crippen LogP contribution in [0.2, 0.25) is 0 Å². The summed E-state index contributed by atoms with van der Waals surface area (Å²) in [6.07, 6.45) is 0. The number of amides is 1. The largest absolute Gasteiger partial charge is 0.378 e. The maximum atomic E-state index is 12.5. The van der Waals surface area contributed by atoms with Crippen LogP contribution < -0.4 is 15.5 Å². The van der Waals surface area contributed by atoms with Crippen molar-refractivity contribution >= 4 is 35.3 Å². The Morgan fingerprint density at radius 1 is 1.03 bits per heavy atom. The molecule has 2 aromatic carbocycles. The van der Waals surface area contributed by atoms with E-state index in [1.807, 2.05) is 67.6 Å². The zero-order chi connectivity index (χ0) is 22.2. The number of benzene rings is 2. The lowest BCUT2D eigenvalue weighted by Crippen LogP contribution is -2.37. The van der Waals surface area contributed by atoms with Crippen LogP contribution in [-0.2, 0) is 9.53 Å². The van der Waals surface area contributed by atoms with Crippen LogP contribution in [0.25, 0.3) is 0 Å². The molecular weight excluding hydrogens is 424 g/mol. The minimum atomic E-state index is -0.0720.